The first kappa shape index (κ1) is 14.8. The van der Waals surface area contributed by atoms with Gasteiger partial charge in [-0.25, -0.2) is 0 Å². The number of ether oxygens (including phenoxy) is 1. The summed E-state index contributed by atoms with van der Waals surface area (Å²) in [7, 11) is 0. The molecule has 3 aliphatic rings. The fraction of sp³-hybridized carbons (Fsp3) is 1.00. The van der Waals surface area contributed by atoms with Gasteiger partial charge in [-0.2, -0.15) is 0 Å². The van der Waals surface area contributed by atoms with Crippen molar-refractivity contribution in [1.29, 1.82) is 0 Å². The molecule has 3 heteroatoms. The first-order valence-electron chi connectivity index (χ1n) is 8.75. The van der Waals surface area contributed by atoms with Crippen LogP contribution in [-0.4, -0.2) is 42.3 Å². The van der Waals surface area contributed by atoms with Gasteiger partial charge in [0.25, 0.3) is 0 Å². The summed E-state index contributed by atoms with van der Waals surface area (Å²) in [5, 5.41) is 0. The number of hydrogen-bond acceptors (Lipinski definition) is 3. The third-order valence-corrected chi connectivity index (χ3v) is 6.21. The standard InChI is InChI=1S/C17H32N2O/c1-13(2)16-11-17(12-18,8-10-20-16)19-9-4-6-14-5-3-7-15(14)19/h13-16H,3-12,18H2,1-2H3. The molecule has 3 fully saturated rings. The van der Waals surface area contributed by atoms with Crippen molar-refractivity contribution in [3.05, 3.63) is 0 Å². The van der Waals surface area contributed by atoms with Gasteiger partial charge in [0.05, 0.1) is 6.10 Å². The van der Waals surface area contributed by atoms with Gasteiger partial charge in [-0.15, -0.1) is 0 Å². The zero-order chi connectivity index (χ0) is 14.2. The number of rotatable bonds is 3. The van der Waals surface area contributed by atoms with Crippen molar-refractivity contribution in [2.75, 3.05) is 19.7 Å². The molecule has 0 radical (unpaired) electrons. The molecule has 4 unspecified atom stereocenters. The van der Waals surface area contributed by atoms with E-state index in [4.69, 9.17) is 10.5 Å². The average molecular weight is 280 g/mol. The summed E-state index contributed by atoms with van der Waals surface area (Å²) >= 11 is 0. The highest BCUT2D eigenvalue weighted by Crippen LogP contribution is 2.43. The minimum absolute atomic E-state index is 0.223. The van der Waals surface area contributed by atoms with Crippen LogP contribution in [0.15, 0.2) is 0 Å². The van der Waals surface area contributed by atoms with Crippen molar-refractivity contribution in [3.8, 4) is 0 Å². The third-order valence-electron chi connectivity index (χ3n) is 6.21. The van der Waals surface area contributed by atoms with Gasteiger partial charge in [0.15, 0.2) is 0 Å². The molecule has 3 nitrogen and oxygen atoms in total. The normalized spacial score (nSPS) is 42.9. The van der Waals surface area contributed by atoms with Crippen LogP contribution in [0.25, 0.3) is 0 Å². The Balaban J connectivity index is 1.80. The molecule has 0 spiro atoms. The highest BCUT2D eigenvalue weighted by Gasteiger charge is 2.47. The molecule has 116 valence electrons. The molecule has 0 bridgehead atoms. The van der Waals surface area contributed by atoms with Crippen molar-refractivity contribution in [2.24, 2.45) is 17.6 Å². The Kier molecular flexibility index (Phi) is 4.40. The number of fused-ring (bicyclic) bond motifs is 1. The minimum Gasteiger partial charge on any atom is -0.378 e. The van der Waals surface area contributed by atoms with Crippen molar-refractivity contribution in [2.45, 2.75) is 76.5 Å². The first-order chi connectivity index (χ1) is 9.66. The van der Waals surface area contributed by atoms with Gasteiger partial charge in [0, 0.05) is 24.7 Å². The molecule has 2 heterocycles. The molecule has 1 aliphatic carbocycles. The summed E-state index contributed by atoms with van der Waals surface area (Å²) in [5.74, 6) is 1.55. The lowest BCUT2D eigenvalue weighted by atomic mass is 9.78. The maximum absolute atomic E-state index is 6.32. The van der Waals surface area contributed by atoms with Crippen LogP contribution in [0.5, 0.6) is 0 Å². The minimum atomic E-state index is 0.223. The van der Waals surface area contributed by atoms with Crippen LogP contribution in [0, 0.1) is 11.8 Å². The Hall–Kier alpha value is -0.120. The fourth-order valence-electron chi connectivity index (χ4n) is 4.97. The van der Waals surface area contributed by atoms with Gasteiger partial charge < -0.3 is 10.5 Å². The molecule has 0 amide bonds. The van der Waals surface area contributed by atoms with Gasteiger partial charge in [0.1, 0.15) is 0 Å². The zero-order valence-electron chi connectivity index (χ0n) is 13.3. The van der Waals surface area contributed by atoms with Crippen LogP contribution in [0.3, 0.4) is 0 Å². The largest absolute Gasteiger partial charge is 0.378 e. The SMILES string of the molecule is CC(C)C1CC(CN)(N2CCCC3CCCC32)CCO1. The van der Waals surface area contributed by atoms with E-state index in [1.165, 1.54) is 38.6 Å². The zero-order valence-corrected chi connectivity index (χ0v) is 13.3. The smallest absolute Gasteiger partial charge is 0.0616 e. The molecule has 2 N–H and O–H groups in total. The molecule has 0 aromatic rings. The van der Waals surface area contributed by atoms with Crippen LogP contribution in [0.2, 0.25) is 0 Å². The lowest BCUT2D eigenvalue weighted by Crippen LogP contribution is -2.64. The van der Waals surface area contributed by atoms with E-state index in [9.17, 15) is 0 Å². The number of piperidine rings is 1. The van der Waals surface area contributed by atoms with Gasteiger partial charge in [-0.1, -0.05) is 20.3 Å². The number of nitrogens with zero attached hydrogens (tertiary/aromatic N) is 1. The molecule has 2 aliphatic heterocycles. The van der Waals surface area contributed by atoms with E-state index in [-0.39, 0.29) is 5.54 Å². The van der Waals surface area contributed by atoms with Crippen LogP contribution in [-0.2, 0) is 4.74 Å². The topological polar surface area (TPSA) is 38.5 Å². The Labute approximate surface area is 124 Å². The first-order valence-corrected chi connectivity index (χ1v) is 8.75. The second kappa shape index (κ2) is 5.94. The Morgan fingerprint density at radius 1 is 1.25 bits per heavy atom. The molecule has 2 saturated heterocycles. The second-order valence-electron chi connectivity index (χ2n) is 7.63. The van der Waals surface area contributed by atoms with Crippen LogP contribution in [0.4, 0.5) is 0 Å². The maximum atomic E-state index is 6.32. The van der Waals surface area contributed by atoms with E-state index < -0.39 is 0 Å². The summed E-state index contributed by atoms with van der Waals surface area (Å²) in [4.78, 5) is 2.84. The van der Waals surface area contributed by atoms with Crippen LogP contribution in [0.1, 0.15) is 58.8 Å². The lowest BCUT2D eigenvalue weighted by molar-refractivity contribution is -0.109. The number of hydrogen-bond donors (Lipinski definition) is 1. The van der Waals surface area contributed by atoms with Crippen molar-refractivity contribution in [3.63, 3.8) is 0 Å². The summed E-state index contributed by atoms with van der Waals surface area (Å²) in [6.45, 7) is 7.54. The molecule has 20 heavy (non-hydrogen) atoms. The van der Waals surface area contributed by atoms with Gasteiger partial charge >= 0.3 is 0 Å². The summed E-state index contributed by atoms with van der Waals surface area (Å²) in [6, 6.07) is 0.818. The molecular weight excluding hydrogens is 248 g/mol. The quantitative estimate of drug-likeness (QED) is 0.864. The Morgan fingerprint density at radius 3 is 2.80 bits per heavy atom. The Morgan fingerprint density at radius 2 is 2.05 bits per heavy atom. The molecular formula is C17H32N2O. The summed E-state index contributed by atoms with van der Waals surface area (Å²) < 4.78 is 6.02. The van der Waals surface area contributed by atoms with Crippen LogP contribution >= 0.6 is 0 Å². The van der Waals surface area contributed by atoms with E-state index in [0.29, 0.717) is 12.0 Å². The number of likely N-dealkylation sites (tertiary alicyclic amines) is 1. The highest BCUT2D eigenvalue weighted by atomic mass is 16.5. The van der Waals surface area contributed by atoms with E-state index >= 15 is 0 Å². The fourth-order valence-corrected chi connectivity index (χ4v) is 4.97. The van der Waals surface area contributed by atoms with E-state index in [1.54, 1.807) is 0 Å². The van der Waals surface area contributed by atoms with E-state index in [1.807, 2.05) is 0 Å². The maximum Gasteiger partial charge on any atom is 0.0616 e. The molecule has 0 aromatic heterocycles. The molecule has 3 rings (SSSR count). The highest BCUT2D eigenvalue weighted by molar-refractivity contribution is 5.03. The van der Waals surface area contributed by atoms with Crippen molar-refractivity contribution < 1.29 is 4.74 Å². The predicted octanol–water partition coefficient (Wildman–Crippen LogP) is 2.78. The molecule has 1 saturated carbocycles. The average Bonchev–Trinajstić information content (AvgIpc) is 2.95. The van der Waals surface area contributed by atoms with Crippen molar-refractivity contribution in [1.82, 2.24) is 4.90 Å². The van der Waals surface area contributed by atoms with Gasteiger partial charge in [-0.3, -0.25) is 4.90 Å². The monoisotopic (exact) mass is 280 g/mol. The van der Waals surface area contributed by atoms with Crippen LogP contribution < -0.4 is 5.73 Å². The lowest BCUT2D eigenvalue weighted by Gasteiger charge is -2.54. The second-order valence-corrected chi connectivity index (χ2v) is 7.63. The van der Waals surface area contributed by atoms with E-state index in [0.717, 1.165) is 38.0 Å². The third kappa shape index (κ3) is 2.53. The van der Waals surface area contributed by atoms with E-state index in [2.05, 4.69) is 18.7 Å². The summed E-state index contributed by atoms with van der Waals surface area (Å²) in [5.41, 5.74) is 6.54. The van der Waals surface area contributed by atoms with Gasteiger partial charge in [-0.05, 0) is 56.9 Å². The van der Waals surface area contributed by atoms with Gasteiger partial charge in [0.2, 0.25) is 0 Å². The predicted molar refractivity (Wildman–Crippen MR) is 82.7 cm³/mol. The number of nitrogens with two attached hydrogens (primary N) is 1. The molecule has 0 aromatic carbocycles. The molecule has 4 atom stereocenters. The summed E-state index contributed by atoms with van der Waals surface area (Å²) in [6.07, 6.45) is 9.78. The van der Waals surface area contributed by atoms with Crippen molar-refractivity contribution >= 4 is 0 Å². The Bertz CT molecular complexity index is 333.